The largest absolute Gasteiger partial charge is 0.348 e. The number of hydrogen-bond acceptors (Lipinski definition) is 4. The maximum atomic E-state index is 12.5. The van der Waals surface area contributed by atoms with E-state index < -0.39 is 10.0 Å². The number of hydrogen-bond donors (Lipinski definition) is 2. The number of aryl methyl sites for hydroxylation is 1. The van der Waals surface area contributed by atoms with E-state index in [0.717, 1.165) is 16.7 Å². The lowest BCUT2D eigenvalue weighted by molar-refractivity contribution is 0.0951. The summed E-state index contributed by atoms with van der Waals surface area (Å²) in [7, 11) is -3.70. The number of benzene rings is 1. The van der Waals surface area contributed by atoms with Gasteiger partial charge >= 0.3 is 0 Å². The molecule has 0 saturated heterocycles. The number of amides is 1. The number of nitrogens with one attached hydrogen (secondary N) is 2. The molecule has 148 valence electrons. The molecule has 0 fully saturated rings. The molecule has 0 unspecified atom stereocenters. The Kier molecular flexibility index (Phi) is 7.12. The van der Waals surface area contributed by atoms with Gasteiger partial charge in [-0.05, 0) is 69.2 Å². The van der Waals surface area contributed by atoms with Crippen LogP contribution in [0, 0.1) is 6.92 Å². The molecule has 2 rings (SSSR count). The van der Waals surface area contributed by atoms with E-state index in [-0.39, 0.29) is 10.8 Å². The van der Waals surface area contributed by atoms with Crippen molar-refractivity contribution in [2.45, 2.75) is 34.2 Å². The molecular formula is C21H25N3O3S. The van der Waals surface area contributed by atoms with Crippen LogP contribution in [0.5, 0.6) is 0 Å². The van der Waals surface area contributed by atoms with Crippen molar-refractivity contribution in [1.29, 1.82) is 0 Å². The standard InChI is InChI=1S/C21H25N3O3S/c1-15(2)7-8-17(4)28(26,27)24-20-11-16(3)10-19(12-20)21(25)23-14-18-6-5-9-22-13-18/h5-13,24H,14H2,1-4H3,(H,23,25)/b17-8+. The van der Waals surface area contributed by atoms with Gasteiger partial charge in [-0.3, -0.25) is 14.5 Å². The zero-order chi connectivity index (χ0) is 20.7. The summed E-state index contributed by atoms with van der Waals surface area (Å²) < 4.78 is 27.5. The average Bonchev–Trinajstić information content (AvgIpc) is 2.64. The van der Waals surface area contributed by atoms with E-state index in [1.165, 1.54) is 13.0 Å². The van der Waals surface area contributed by atoms with E-state index in [9.17, 15) is 13.2 Å². The Morgan fingerprint density at radius 1 is 1.14 bits per heavy atom. The normalized spacial score (nSPS) is 11.6. The summed E-state index contributed by atoms with van der Waals surface area (Å²) in [5, 5.41) is 2.81. The van der Waals surface area contributed by atoms with Crippen LogP contribution in [0.2, 0.25) is 0 Å². The first-order valence-corrected chi connectivity index (χ1v) is 10.3. The fraction of sp³-hybridized carbons (Fsp3) is 0.238. The highest BCUT2D eigenvalue weighted by Gasteiger charge is 2.15. The number of pyridine rings is 1. The van der Waals surface area contributed by atoms with Crippen LogP contribution in [0.15, 0.2) is 65.4 Å². The molecule has 0 bridgehead atoms. The summed E-state index contributed by atoms with van der Waals surface area (Å²) in [5.41, 5.74) is 3.38. The smallest absolute Gasteiger partial charge is 0.257 e. The third-order valence-corrected chi connectivity index (χ3v) is 5.33. The van der Waals surface area contributed by atoms with Crippen LogP contribution < -0.4 is 10.0 Å². The maximum absolute atomic E-state index is 12.5. The highest BCUT2D eigenvalue weighted by molar-refractivity contribution is 7.96. The van der Waals surface area contributed by atoms with Gasteiger partial charge < -0.3 is 5.32 Å². The quantitative estimate of drug-likeness (QED) is 0.691. The number of carbonyl (C=O) groups is 1. The molecule has 0 aliphatic heterocycles. The Hall–Kier alpha value is -2.93. The number of rotatable bonds is 7. The van der Waals surface area contributed by atoms with Gasteiger partial charge in [-0.15, -0.1) is 0 Å². The van der Waals surface area contributed by atoms with Crippen molar-refractivity contribution in [3.8, 4) is 0 Å². The Morgan fingerprint density at radius 2 is 1.89 bits per heavy atom. The van der Waals surface area contributed by atoms with Crippen molar-refractivity contribution in [3.63, 3.8) is 0 Å². The lowest BCUT2D eigenvalue weighted by Gasteiger charge is -2.11. The molecule has 0 spiro atoms. The van der Waals surface area contributed by atoms with Gasteiger partial charge in [0.2, 0.25) is 0 Å². The number of anilines is 1. The van der Waals surface area contributed by atoms with E-state index in [0.29, 0.717) is 17.8 Å². The van der Waals surface area contributed by atoms with E-state index in [1.54, 1.807) is 42.7 Å². The number of carbonyl (C=O) groups excluding carboxylic acids is 1. The van der Waals surface area contributed by atoms with Crippen molar-refractivity contribution in [1.82, 2.24) is 10.3 Å². The van der Waals surface area contributed by atoms with Crippen molar-refractivity contribution < 1.29 is 13.2 Å². The molecule has 7 heteroatoms. The van der Waals surface area contributed by atoms with Gasteiger partial charge in [0.25, 0.3) is 15.9 Å². The second kappa shape index (κ2) is 9.32. The van der Waals surface area contributed by atoms with Crippen molar-refractivity contribution in [2.24, 2.45) is 0 Å². The summed E-state index contributed by atoms with van der Waals surface area (Å²) in [4.78, 5) is 16.7. The van der Waals surface area contributed by atoms with E-state index in [4.69, 9.17) is 0 Å². The molecule has 0 atom stereocenters. The first-order chi connectivity index (χ1) is 13.2. The second-order valence-electron chi connectivity index (χ2n) is 6.76. The van der Waals surface area contributed by atoms with Gasteiger partial charge in [-0.25, -0.2) is 8.42 Å². The third kappa shape index (κ3) is 6.35. The summed E-state index contributed by atoms with van der Waals surface area (Å²) >= 11 is 0. The fourth-order valence-electron chi connectivity index (χ4n) is 2.37. The van der Waals surface area contributed by atoms with Gasteiger partial charge in [0.15, 0.2) is 0 Å². The van der Waals surface area contributed by atoms with Gasteiger partial charge in [0, 0.05) is 30.2 Å². The van der Waals surface area contributed by atoms with Gasteiger partial charge in [0.05, 0.1) is 4.91 Å². The summed E-state index contributed by atoms with van der Waals surface area (Å²) in [6.07, 6.45) is 6.63. The molecule has 0 aliphatic rings. The van der Waals surface area contributed by atoms with Gasteiger partial charge in [-0.2, -0.15) is 0 Å². The van der Waals surface area contributed by atoms with Crippen LogP contribution in [-0.4, -0.2) is 19.3 Å². The molecular weight excluding hydrogens is 374 g/mol. The minimum absolute atomic E-state index is 0.192. The summed E-state index contributed by atoms with van der Waals surface area (Å²) in [6, 6.07) is 8.58. The van der Waals surface area contributed by atoms with Crippen molar-refractivity contribution in [3.05, 3.63) is 82.0 Å². The SMILES string of the molecule is CC(C)=C/C=C(\C)S(=O)(=O)Nc1cc(C)cc(C(=O)NCc2cccnc2)c1. The van der Waals surface area contributed by atoms with E-state index in [1.807, 2.05) is 26.8 Å². The monoisotopic (exact) mass is 399 g/mol. The molecule has 1 aromatic carbocycles. The highest BCUT2D eigenvalue weighted by atomic mass is 32.2. The van der Waals surface area contributed by atoms with Crippen molar-refractivity contribution >= 4 is 21.6 Å². The zero-order valence-electron chi connectivity index (χ0n) is 16.5. The predicted molar refractivity (Wildman–Crippen MR) is 112 cm³/mol. The Balaban J connectivity index is 2.17. The molecule has 2 N–H and O–H groups in total. The molecule has 1 aromatic heterocycles. The van der Waals surface area contributed by atoms with E-state index in [2.05, 4.69) is 15.0 Å². The Morgan fingerprint density at radius 3 is 2.54 bits per heavy atom. The minimum Gasteiger partial charge on any atom is -0.348 e. The molecule has 1 amide bonds. The first kappa shape index (κ1) is 21.4. The zero-order valence-corrected chi connectivity index (χ0v) is 17.3. The molecule has 0 aliphatic carbocycles. The highest BCUT2D eigenvalue weighted by Crippen LogP contribution is 2.19. The third-order valence-electron chi connectivity index (χ3n) is 3.84. The summed E-state index contributed by atoms with van der Waals surface area (Å²) in [6.45, 7) is 7.45. The molecule has 1 heterocycles. The van der Waals surface area contributed by atoms with Crippen LogP contribution >= 0.6 is 0 Å². The van der Waals surface area contributed by atoms with Crippen molar-refractivity contribution in [2.75, 3.05) is 4.72 Å². The van der Waals surface area contributed by atoms with Crippen LogP contribution in [0.1, 0.15) is 42.3 Å². The molecule has 2 aromatic rings. The predicted octanol–water partition coefficient (Wildman–Crippen LogP) is 3.93. The maximum Gasteiger partial charge on any atom is 0.257 e. The molecule has 28 heavy (non-hydrogen) atoms. The van der Waals surface area contributed by atoms with Crippen LogP contribution in [0.25, 0.3) is 0 Å². The molecule has 6 nitrogen and oxygen atoms in total. The van der Waals surface area contributed by atoms with Crippen LogP contribution in [0.3, 0.4) is 0 Å². The van der Waals surface area contributed by atoms with E-state index >= 15 is 0 Å². The first-order valence-electron chi connectivity index (χ1n) is 8.81. The molecule has 0 radical (unpaired) electrons. The Labute approximate surface area is 166 Å². The number of sulfonamides is 1. The fourth-order valence-corrected chi connectivity index (χ4v) is 3.21. The van der Waals surface area contributed by atoms with Crippen LogP contribution in [0.4, 0.5) is 5.69 Å². The topological polar surface area (TPSA) is 88.2 Å². The van der Waals surface area contributed by atoms with Crippen LogP contribution in [-0.2, 0) is 16.6 Å². The second-order valence-corrected chi connectivity index (χ2v) is 8.61. The number of aromatic nitrogens is 1. The lowest BCUT2D eigenvalue weighted by atomic mass is 10.1. The average molecular weight is 400 g/mol. The minimum atomic E-state index is -3.70. The Bertz CT molecular complexity index is 1010. The summed E-state index contributed by atoms with van der Waals surface area (Å²) in [5.74, 6) is -0.287. The number of allylic oxidation sites excluding steroid dienone is 4. The van der Waals surface area contributed by atoms with Gasteiger partial charge in [0.1, 0.15) is 0 Å². The number of nitrogens with zero attached hydrogens (tertiary/aromatic N) is 1. The van der Waals surface area contributed by atoms with Gasteiger partial charge in [-0.1, -0.05) is 17.7 Å². The lowest BCUT2D eigenvalue weighted by Crippen LogP contribution is -2.23. The molecule has 0 saturated carbocycles.